The second-order valence-corrected chi connectivity index (χ2v) is 28.8. The molecular formula is C84H163NO5. The molecule has 0 rings (SSSR count). The van der Waals surface area contributed by atoms with Gasteiger partial charge in [-0.2, -0.15) is 0 Å². The highest BCUT2D eigenvalue weighted by molar-refractivity contribution is 5.76. The molecule has 0 spiro atoms. The van der Waals surface area contributed by atoms with Crippen LogP contribution < -0.4 is 5.32 Å². The van der Waals surface area contributed by atoms with Gasteiger partial charge in [-0.05, 0) is 57.8 Å². The van der Waals surface area contributed by atoms with E-state index in [1.807, 2.05) is 6.08 Å². The molecule has 0 saturated carbocycles. The molecule has 1 amide bonds. The van der Waals surface area contributed by atoms with Crippen LogP contribution in [-0.2, 0) is 14.3 Å². The number of esters is 1. The molecule has 6 nitrogen and oxygen atoms in total. The minimum absolute atomic E-state index is 0.0175. The van der Waals surface area contributed by atoms with Gasteiger partial charge in [0.05, 0.1) is 25.4 Å². The quantitative estimate of drug-likeness (QED) is 0.0320. The molecule has 534 valence electrons. The van der Waals surface area contributed by atoms with Crippen LogP contribution in [0.2, 0.25) is 0 Å². The Morgan fingerprint density at radius 2 is 0.522 bits per heavy atom. The van der Waals surface area contributed by atoms with Crippen molar-refractivity contribution in [2.45, 2.75) is 488 Å². The van der Waals surface area contributed by atoms with Crippen LogP contribution in [0.4, 0.5) is 0 Å². The Morgan fingerprint density at radius 3 is 0.789 bits per heavy atom. The topological polar surface area (TPSA) is 95.9 Å². The summed E-state index contributed by atoms with van der Waals surface area (Å²) in [5, 5.41) is 23.3. The van der Waals surface area contributed by atoms with Gasteiger partial charge in [0, 0.05) is 12.8 Å². The number of carbonyl (C=O) groups excluding carboxylic acids is 2. The third-order valence-corrected chi connectivity index (χ3v) is 19.7. The lowest BCUT2D eigenvalue weighted by atomic mass is 10.0. The number of aliphatic hydroxyl groups excluding tert-OH is 2. The average Bonchev–Trinajstić information content (AvgIpc) is 3.68. The Hall–Kier alpha value is -1.66. The number of hydrogen-bond donors (Lipinski definition) is 3. The van der Waals surface area contributed by atoms with E-state index < -0.39 is 12.1 Å². The van der Waals surface area contributed by atoms with Crippen LogP contribution in [-0.4, -0.2) is 47.4 Å². The minimum Gasteiger partial charge on any atom is -0.466 e. The van der Waals surface area contributed by atoms with Crippen LogP contribution in [0.3, 0.4) is 0 Å². The SMILES string of the molecule is CCCCCCCCC/C=C\CCCCCCCC(=O)OCCCCCCCCCCCCCCCCCCCCCCCCCCCCCCCCCCCCCCCCCC(=O)NC(CO)C(O)/C=C/CCCCCCCCCCCCCCCCCC. The lowest BCUT2D eigenvalue weighted by Gasteiger charge is -2.20. The van der Waals surface area contributed by atoms with Crippen LogP contribution >= 0.6 is 0 Å². The van der Waals surface area contributed by atoms with Gasteiger partial charge in [0.1, 0.15) is 0 Å². The number of carbonyl (C=O) groups is 2. The van der Waals surface area contributed by atoms with Crippen molar-refractivity contribution in [1.82, 2.24) is 5.32 Å². The summed E-state index contributed by atoms with van der Waals surface area (Å²) in [5.41, 5.74) is 0. The molecule has 2 atom stereocenters. The standard InChI is InChI=1S/C84H163NO5/c1-3-5-7-9-11-13-15-17-19-21-45-48-52-56-60-64-68-72-76-82(87)81(80-86)85-83(88)77-73-69-65-61-57-53-49-46-43-41-39-37-35-33-31-29-27-25-23-22-24-26-28-30-32-34-36-38-40-42-44-47-51-55-59-63-67-71-75-79-90-84(89)78-74-70-66-62-58-54-50-20-18-16-14-12-10-8-6-4-2/h20,50,72,76,81-82,86-87H,3-19,21-49,51-71,73-75,77-80H2,1-2H3,(H,85,88)/b50-20-,76-72+. The zero-order valence-electron chi connectivity index (χ0n) is 61.4. The van der Waals surface area contributed by atoms with Crippen molar-refractivity contribution in [3.05, 3.63) is 24.3 Å². The van der Waals surface area contributed by atoms with Crippen LogP contribution in [0, 0.1) is 0 Å². The fourth-order valence-corrected chi connectivity index (χ4v) is 13.4. The number of amides is 1. The van der Waals surface area contributed by atoms with E-state index in [0.29, 0.717) is 19.4 Å². The number of nitrogens with one attached hydrogen (secondary N) is 1. The molecule has 6 heteroatoms. The zero-order chi connectivity index (χ0) is 64.9. The largest absolute Gasteiger partial charge is 0.466 e. The van der Waals surface area contributed by atoms with Gasteiger partial charge in [-0.15, -0.1) is 0 Å². The summed E-state index contributed by atoms with van der Waals surface area (Å²) in [6, 6.07) is -0.623. The predicted molar refractivity (Wildman–Crippen MR) is 398 cm³/mol. The molecule has 3 N–H and O–H groups in total. The summed E-state index contributed by atoms with van der Waals surface area (Å²) < 4.78 is 5.51. The Morgan fingerprint density at radius 1 is 0.300 bits per heavy atom. The molecule has 0 aliphatic heterocycles. The molecule has 0 aromatic carbocycles. The number of aliphatic hydroxyl groups is 2. The molecule has 0 saturated heterocycles. The first-order valence-corrected chi connectivity index (χ1v) is 41.6. The maximum Gasteiger partial charge on any atom is 0.305 e. The van der Waals surface area contributed by atoms with Gasteiger partial charge < -0.3 is 20.3 Å². The minimum atomic E-state index is -0.840. The molecular weight excluding hydrogens is 1100 g/mol. The third-order valence-electron chi connectivity index (χ3n) is 19.7. The van der Waals surface area contributed by atoms with Crippen LogP contribution in [0.25, 0.3) is 0 Å². The smallest absolute Gasteiger partial charge is 0.305 e. The molecule has 0 fully saturated rings. The number of ether oxygens (including phenoxy) is 1. The van der Waals surface area contributed by atoms with Gasteiger partial charge in [0.15, 0.2) is 0 Å². The lowest BCUT2D eigenvalue weighted by molar-refractivity contribution is -0.143. The van der Waals surface area contributed by atoms with Crippen molar-refractivity contribution >= 4 is 11.9 Å². The van der Waals surface area contributed by atoms with E-state index in [0.717, 1.165) is 44.9 Å². The maximum atomic E-state index is 12.5. The summed E-state index contributed by atoms with van der Waals surface area (Å²) in [7, 11) is 0. The molecule has 0 radical (unpaired) electrons. The highest BCUT2D eigenvalue weighted by atomic mass is 16.5. The zero-order valence-corrected chi connectivity index (χ0v) is 61.4. The molecule has 2 unspecified atom stereocenters. The first kappa shape index (κ1) is 88.3. The second-order valence-electron chi connectivity index (χ2n) is 28.8. The molecule has 0 aliphatic rings. The Bertz CT molecular complexity index is 1410. The first-order chi connectivity index (χ1) is 44.5. The van der Waals surface area contributed by atoms with E-state index >= 15 is 0 Å². The highest BCUT2D eigenvalue weighted by Gasteiger charge is 2.18. The Labute approximate surface area is 564 Å². The van der Waals surface area contributed by atoms with Crippen molar-refractivity contribution in [1.29, 1.82) is 0 Å². The van der Waals surface area contributed by atoms with Crippen molar-refractivity contribution in [3.8, 4) is 0 Å². The number of allylic oxidation sites excluding steroid dienone is 3. The van der Waals surface area contributed by atoms with Crippen molar-refractivity contribution in [2.24, 2.45) is 0 Å². The van der Waals surface area contributed by atoms with Gasteiger partial charge in [-0.1, -0.05) is 430 Å². The fraction of sp³-hybridized carbons (Fsp3) is 0.929. The summed E-state index contributed by atoms with van der Waals surface area (Å²) in [6.45, 7) is 4.95. The van der Waals surface area contributed by atoms with E-state index in [2.05, 4.69) is 31.3 Å². The third kappa shape index (κ3) is 75.4. The van der Waals surface area contributed by atoms with E-state index in [9.17, 15) is 19.8 Å². The molecule has 0 aromatic rings. The monoisotopic (exact) mass is 1270 g/mol. The van der Waals surface area contributed by atoms with E-state index in [-0.39, 0.29) is 18.5 Å². The summed E-state index contributed by atoms with van der Waals surface area (Å²) in [5.74, 6) is -0.0401. The van der Waals surface area contributed by atoms with Gasteiger partial charge in [0.2, 0.25) is 5.91 Å². The predicted octanol–water partition coefficient (Wildman–Crippen LogP) is 27.6. The van der Waals surface area contributed by atoms with E-state index in [4.69, 9.17) is 4.74 Å². The average molecular weight is 1270 g/mol. The van der Waals surface area contributed by atoms with Crippen LogP contribution in [0.5, 0.6) is 0 Å². The molecule has 0 aromatic heterocycles. The van der Waals surface area contributed by atoms with Gasteiger partial charge in [-0.25, -0.2) is 0 Å². The summed E-state index contributed by atoms with van der Waals surface area (Å²) in [4.78, 5) is 24.6. The molecule has 0 bridgehead atoms. The first-order valence-electron chi connectivity index (χ1n) is 41.6. The Balaban J connectivity index is 3.30. The van der Waals surface area contributed by atoms with E-state index in [1.165, 1.54) is 405 Å². The summed E-state index contributed by atoms with van der Waals surface area (Å²) >= 11 is 0. The highest BCUT2D eigenvalue weighted by Crippen LogP contribution is 2.20. The normalized spacial score (nSPS) is 12.5. The van der Waals surface area contributed by atoms with Gasteiger partial charge in [-0.3, -0.25) is 9.59 Å². The number of rotatable bonds is 79. The van der Waals surface area contributed by atoms with Crippen LogP contribution in [0.1, 0.15) is 476 Å². The molecule has 0 heterocycles. The van der Waals surface area contributed by atoms with Crippen molar-refractivity contribution < 1.29 is 24.5 Å². The number of unbranched alkanes of at least 4 members (excludes halogenated alkanes) is 66. The second kappa shape index (κ2) is 79.8. The van der Waals surface area contributed by atoms with Gasteiger partial charge in [0.25, 0.3) is 0 Å². The number of hydrogen-bond acceptors (Lipinski definition) is 5. The molecule has 90 heavy (non-hydrogen) atoms. The van der Waals surface area contributed by atoms with Crippen molar-refractivity contribution in [3.63, 3.8) is 0 Å². The van der Waals surface area contributed by atoms with E-state index in [1.54, 1.807) is 6.08 Å². The summed E-state index contributed by atoms with van der Waals surface area (Å²) in [6.07, 6.45) is 103. The fourth-order valence-electron chi connectivity index (χ4n) is 13.4. The maximum absolute atomic E-state index is 12.5. The Kier molecular flexibility index (Phi) is 78.3. The lowest BCUT2D eigenvalue weighted by Crippen LogP contribution is -2.45. The molecule has 0 aliphatic carbocycles. The van der Waals surface area contributed by atoms with Gasteiger partial charge >= 0.3 is 5.97 Å². The van der Waals surface area contributed by atoms with Crippen molar-refractivity contribution in [2.75, 3.05) is 13.2 Å². The van der Waals surface area contributed by atoms with Crippen LogP contribution in [0.15, 0.2) is 24.3 Å².